The lowest BCUT2D eigenvalue weighted by atomic mass is 9.93. The average Bonchev–Trinajstić information content (AvgIpc) is 2.37. The fraction of sp³-hybridized carbons (Fsp3) is 0.562. The van der Waals surface area contributed by atoms with Gasteiger partial charge in [0, 0.05) is 6.42 Å². The van der Waals surface area contributed by atoms with E-state index in [9.17, 15) is 13.2 Å². The van der Waals surface area contributed by atoms with E-state index in [2.05, 4.69) is 8.91 Å². The molecule has 0 aliphatic carbocycles. The first-order valence-corrected chi connectivity index (χ1v) is 8.96. The highest BCUT2D eigenvalue weighted by Gasteiger charge is 2.22. The van der Waals surface area contributed by atoms with E-state index in [1.54, 1.807) is 6.92 Å². The van der Waals surface area contributed by atoms with Gasteiger partial charge in [-0.1, -0.05) is 52.8 Å². The molecule has 1 aromatic carbocycles. The van der Waals surface area contributed by atoms with E-state index in [1.165, 1.54) is 0 Å². The summed E-state index contributed by atoms with van der Waals surface area (Å²) in [5.41, 5.74) is 2.26. The van der Waals surface area contributed by atoms with Crippen LogP contribution in [0.2, 0.25) is 0 Å². The number of hydrogen-bond acceptors (Lipinski definition) is 4. The van der Waals surface area contributed by atoms with Gasteiger partial charge in [0.25, 0.3) is 0 Å². The van der Waals surface area contributed by atoms with Crippen LogP contribution < -0.4 is 4.72 Å². The largest absolute Gasteiger partial charge is 0.410 e. The first-order chi connectivity index (χ1) is 10.2. The summed E-state index contributed by atoms with van der Waals surface area (Å²) in [6.45, 7) is 9.73. The van der Waals surface area contributed by atoms with Gasteiger partial charge in [-0.05, 0) is 29.4 Å². The quantitative estimate of drug-likeness (QED) is 0.823. The number of nitrogens with one attached hydrogen (secondary N) is 1. The van der Waals surface area contributed by atoms with Gasteiger partial charge in [-0.25, -0.2) is 0 Å². The predicted octanol–water partition coefficient (Wildman–Crippen LogP) is 3.93. The molecule has 1 aromatic rings. The van der Waals surface area contributed by atoms with Crippen molar-refractivity contribution in [3.63, 3.8) is 0 Å². The minimum atomic E-state index is -4.17. The summed E-state index contributed by atoms with van der Waals surface area (Å²) in [6, 6.07) is 5.66. The first kappa shape index (κ1) is 18.5. The molecule has 0 unspecified atom stereocenters. The SMILES string of the molecule is CCCC(=O)OS(=O)(=O)Nc1c(C(C)C)cccc1C(C)C. The highest BCUT2D eigenvalue weighted by molar-refractivity contribution is 7.88. The Hall–Kier alpha value is -1.56. The number of carbonyl (C=O) groups is 1. The Balaban J connectivity index is 3.17. The zero-order valence-electron chi connectivity index (χ0n) is 13.8. The van der Waals surface area contributed by atoms with Gasteiger partial charge in [0.2, 0.25) is 0 Å². The van der Waals surface area contributed by atoms with Crippen LogP contribution in [-0.4, -0.2) is 14.4 Å². The molecule has 0 bridgehead atoms. The molecule has 0 saturated heterocycles. The van der Waals surface area contributed by atoms with Crippen LogP contribution in [0, 0.1) is 0 Å². The van der Waals surface area contributed by atoms with Crippen molar-refractivity contribution >= 4 is 22.0 Å². The second kappa shape index (κ2) is 7.63. The molecule has 1 rings (SSSR count). The van der Waals surface area contributed by atoms with Crippen LogP contribution in [-0.2, 0) is 19.3 Å². The topological polar surface area (TPSA) is 72.5 Å². The number of rotatable bonds is 7. The third kappa shape index (κ3) is 5.02. The number of hydrogen-bond donors (Lipinski definition) is 1. The average molecular weight is 327 g/mol. The van der Waals surface area contributed by atoms with Crippen LogP contribution in [0.25, 0.3) is 0 Å². The monoisotopic (exact) mass is 327 g/mol. The molecule has 0 fully saturated rings. The smallest absolute Gasteiger partial charge is 0.330 e. The van der Waals surface area contributed by atoms with E-state index < -0.39 is 16.3 Å². The van der Waals surface area contributed by atoms with Crippen molar-refractivity contribution in [2.24, 2.45) is 0 Å². The molecule has 0 aliphatic heterocycles. The second-order valence-electron chi connectivity index (χ2n) is 5.88. The highest BCUT2D eigenvalue weighted by Crippen LogP contribution is 2.33. The molecular weight excluding hydrogens is 302 g/mol. The molecular formula is C16H25NO4S. The van der Waals surface area contributed by atoms with E-state index in [1.807, 2.05) is 45.9 Å². The predicted molar refractivity (Wildman–Crippen MR) is 88.2 cm³/mol. The fourth-order valence-electron chi connectivity index (χ4n) is 2.18. The third-order valence-electron chi connectivity index (χ3n) is 3.26. The molecule has 0 heterocycles. The van der Waals surface area contributed by atoms with Crippen molar-refractivity contribution in [1.29, 1.82) is 0 Å². The first-order valence-electron chi connectivity index (χ1n) is 7.55. The van der Waals surface area contributed by atoms with Crippen molar-refractivity contribution in [3.05, 3.63) is 29.3 Å². The van der Waals surface area contributed by atoms with Crippen molar-refractivity contribution in [2.45, 2.75) is 59.3 Å². The van der Waals surface area contributed by atoms with Gasteiger partial charge >= 0.3 is 16.3 Å². The third-order valence-corrected chi connectivity index (χ3v) is 4.12. The molecule has 124 valence electrons. The van der Waals surface area contributed by atoms with E-state index >= 15 is 0 Å². The van der Waals surface area contributed by atoms with Crippen LogP contribution >= 0.6 is 0 Å². The summed E-state index contributed by atoms with van der Waals surface area (Å²) in [5, 5.41) is 0. The van der Waals surface area contributed by atoms with Crippen molar-refractivity contribution in [2.75, 3.05) is 4.72 Å². The Morgan fingerprint density at radius 3 is 2.05 bits per heavy atom. The van der Waals surface area contributed by atoms with Gasteiger partial charge in [-0.2, -0.15) is 8.42 Å². The van der Waals surface area contributed by atoms with Gasteiger partial charge in [-0.15, -0.1) is 0 Å². The zero-order chi connectivity index (χ0) is 16.9. The summed E-state index contributed by atoms with van der Waals surface area (Å²) < 4.78 is 31.2. The molecule has 5 nitrogen and oxygen atoms in total. The Kier molecular flexibility index (Phi) is 6.41. The van der Waals surface area contributed by atoms with Crippen LogP contribution in [0.3, 0.4) is 0 Å². The summed E-state index contributed by atoms with van der Waals surface area (Å²) in [4.78, 5) is 11.4. The lowest BCUT2D eigenvalue weighted by Gasteiger charge is -2.20. The molecule has 0 spiro atoms. The number of anilines is 1. The molecule has 0 aromatic heterocycles. The second-order valence-corrected chi connectivity index (χ2v) is 7.16. The van der Waals surface area contributed by atoms with E-state index in [0.717, 1.165) is 11.1 Å². The summed E-state index contributed by atoms with van der Waals surface area (Å²) in [6.07, 6.45) is 0.609. The van der Waals surface area contributed by atoms with Gasteiger partial charge in [0.05, 0.1) is 5.69 Å². The molecule has 6 heteroatoms. The maximum atomic E-state index is 12.1. The summed E-state index contributed by atoms with van der Waals surface area (Å²) in [7, 11) is -4.17. The van der Waals surface area contributed by atoms with Crippen LogP contribution in [0.1, 0.15) is 70.4 Å². The number of para-hydroxylation sites is 1. The van der Waals surface area contributed by atoms with Gasteiger partial charge in [0.1, 0.15) is 0 Å². The Labute approximate surface area is 133 Å². The van der Waals surface area contributed by atoms with E-state index in [-0.39, 0.29) is 18.3 Å². The lowest BCUT2D eigenvalue weighted by molar-refractivity contribution is -0.133. The number of carbonyl (C=O) groups excluding carboxylic acids is 1. The van der Waals surface area contributed by atoms with Gasteiger partial charge in [0.15, 0.2) is 0 Å². The van der Waals surface area contributed by atoms with Crippen LogP contribution in [0.15, 0.2) is 18.2 Å². The Bertz CT molecular complexity index is 595. The maximum absolute atomic E-state index is 12.1. The molecule has 0 saturated carbocycles. The minimum absolute atomic E-state index is 0.0732. The number of benzene rings is 1. The molecule has 0 amide bonds. The zero-order valence-corrected chi connectivity index (χ0v) is 14.7. The molecule has 0 atom stereocenters. The van der Waals surface area contributed by atoms with Gasteiger partial charge in [-0.3, -0.25) is 9.52 Å². The van der Waals surface area contributed by atoms with E-state index in [0.29, 0.717) is 12.1 Å². The van der Waals surface area contributed by atoms with Crippen LogP contribution in [0.4, 0.5) is 5.69 Å². The van der Waals surface area contributed by atoms with Crippen LogP contribution in [0.5, 0.6) is 0 Å². The molecule has 1 N–H and O–H groups in total. The van der Waals surface area contributed by atoms with E-state index in [4.69, 9.17) is 0 Å². The maximum Gasteiger partial charge on any atom is 0.410 e. The Morgan fingerprint density at radius 2 is 1.64 bits per heavy atom. The van der Waals surface area contributed by atoms with Crippen molar-refractivity contribution in [3.8, 4) is 0 Å². The lowest BCUT2D eigenvalue weighted by Crippen LogP contribution is -2.22. The highest BCUT2D eigenvalue weighted by atomic mass is 32.2. The fourth-order valence-corrected chi connectivity index (χ4v) is 3.04. The summed E-state index contributed by atoms with van der Waals surface area (Å²) in [5.74, 6) is -0.464. The standard InChI is InChI=1S/C16H25NO4S/c1-6-8-15(18)21-22(19,20)17-16-13(11(2)3)9-7-10-14(16)12(4)5/h7,9-12,17H,6,8H2,1-5H3. The Morgan fingerprint density at radius 1 is 1.14 bits per heavy atom. The minimum Gasteiger partial charge on any atom is -0.330 e. The van der Waals surface area contributed by atoms with Gasteiger partial charge < -0.3 is 4.18 Å². The normalized spacial score (nSPS) is 11.8. The van der Waals surface area contributed by atoms with Crippen molar-refractivity contribution in [1.82, 2.24) is 0 Å². The molecule has 22 heavy (non-hydrogen) atoms. The van der Waals surface area contributed by atoms with Crippen molar-refractivity contribution < 1.29 is 17.4 Å². The molecule has 0 radical (unpaired) electrons. The summed E-state index contributed by atoms with van der Waals surface area (Å²) >= 11 is 0. The molecule has 0 aliphatic rings.